The van der Waals surface area contributed by atoms with Gasteiger partial charge in [0.2, 0.25) is 5.91 Å². The van der Waals surface area contributed by atoms with Crippen molar-refractivity contribution in [2.24, 2.45) is 5.92 Å². The average Bonchev–Trinajstić information content (AvgIpc) is 2.83. The molecule has 19 heavy (non-hydrogen) atoms. The van der Waals surface area contributed by atoms with Gasteiger partial charge in [-0.15, -0.1) is 0 Å². The van der Waals surface area contributed by atoms with Crippen molar-refractivity contribution in [1.29, 1.82) is 0 Å². The van der Waals surface area contributed by atoms with E-state index in [1.807, 2.05) is 45.0 Å². The van der Waals surface area contributed by atoms with Crippen molar-refractivity contribution in [3.63, 3.8) is 0 Å². The van der Waals surface area contributed by atoms with E-state index in [1.54, 1.807) is 0 Å². The number of hydrogen-bond donors (Lipinski definition) is 2. The zero-order chi connectivity index (χ0) is 13.9. The monoisotopic (exact) mass is 262 g/mol. The Morgan fingerprint density at radius 1 is 1.37 bits per heavy atom. The second-order valence-electron chi connectivity index (χ2n) is 5.89. The maximum absolute atomic E-state index is 12.1. The lowest BCUT2D eigenvalue weighted by Gasteiger charge is -2.23. The molecule has 2 rings (SSSR count). The van der Waals surface area contributed by atoms with Gasteiger partial charge >= 0.3 is 0 Å². The van der Waals surface area contributed by atoms with Crippen molar-refractivity contribution in [2.45, 2.75) is 32.8 Å². The van der Waals surface area contributed by atoms with Crippen LogP contribution in [0, 0.1) is 5.92 Å². The minimum atomic E-state index is -0.282. The first-order chi connectivity index (χ1) is 8.96. The van der Waals surface area contributed by atoms with Crippen molar-refractivity contribution < 1.29 is 9.53 Å². The van der Waals surface area contributed by atoms with E-state index in [4.69, 9.17) is 4.74 Å². The fourth-order valence-corrected chi connectivity index (χ4v) is 2.10. The summed E-state index contributed by atoms with van der Waals surface area (Å²) in [5.74, 6) is 0.840. The van der Waals surface area contributed by atoms with Gasteiger partial charge in [0.15, 0.2) is 0 Å². The molecule has 0 spiro atoms. The zero-order valence-electron chi connectivity index (χ0n) is 11.8. The summed E-state index contributed by atoms with van der Waals surface area (Å²) in [6.45, 7) is 7.65. The molecule has 1 unspecified atom stereocenters. The maximum Gasteiger partial charge on any atom is 0.228 e. The Bertz CT molecular complexity index is 446. The molecule has 0 aromatic heterocycles. The highest BCUT2D eigenvalue weighted by Crippen LogP contribution is 2.28. The summed E-state index contributed by atoms with van der Waals surface area (Å²) in [5, 5.41) is 6.17. The fraction of sp³-hybridized carbons (Fsp3) is 0.533. The Balaban J connectivity index is 2.09. The lowest BCUT2D eigenvalue weighted by Crippen LogP contribution is -2.27. The molecule has 0 aliphatic carbocycles. The predicted octanol–water partition coefficient (Wildman–Crippen LogP) is 2.41. The van der Waals surface area contributed by atoms with E-state index in [1.165, 1.54) is 0 Å². The number of amides is 1. The Morgan fingerprint density at radius 2 is 2.11 bits per heavy atom. The highest BCUT2D eigenvalue weighted by molar-refractivity contribution is 5.94. The number of benzene rings is 1. The van der Waals surface area contributed by atoms with E-state index < -0.39 is 0 Å². The van der Waals surface area contributed by atoms with Crippen molar-refractivity contribution in [3.05, 3.63) is 24.3 Å². The largest absolute Gasteiger partial charge is 0.486 e. The summed E-state index contributed by atoms with van der Waals surface area (Å²) in [5.41, 5.74) is 0.463. The zero-order valence-corrected chi connectivity index (χ0v) is 11.8. The highest BCUT2D eigenvalue weighted by atomic mass is 16.5. The summed E-state index contributed by atoms with van der Waals surface area (Å²) in [4.78, 5) is 12.1. The van der Waals surface area contributed by atoms with Gasteiger partial charge < -0.3 is 15.4 Å². The third-order valence-electron chi connectivity index (χ3n) is 2.99. The van der Waals surface area contributed by atoms with Crippen LogP contribution in [0.5, 0.6) is 5.75 Å². The summed E-state index contributed by atoms with van der Waals surface area (Å²) < 4.78 is 5.87. The van der Waals surface area contributed by atoms with Crippen LogP contribution in [0.2, 0.25) is 0 Å². The topological polar surface area (TPSA) is 50.4 Å². The van der Waals surface area contributed by atoms with Crippen LogP contribution < -0.4 is 15.4 Å². The third kappa shape index (κ3) is 3.96. The molecule has 0 radical (unpaired) electrons. The van der Waals surface area contributed by atoms with Gasteiger partial charge in [-0.2, -0.15) is 0 Å². The molecule has 1 atom stereocenters. The number of para-hydroxylation sites is 2. The van der Waals surface area contributed by atoms with E-state index in [-0.39, 0.29) is 17.4 Å². The van der Waals surface area contributed by atoms with Crippen LogP contribution in [-0.2, 0) is 4.79 Å². The molecule has 1 aliphatic rings. The Hall–Kier alpha value is -1.55. The Morgan fingerprint density at radius 3 is 2.74 bits per heavy atom. The van der Waals surface area contributed by atoms with Gasteiger partial charge in [-0.3, -0.25) is 4.79 Å². The van der Waals surface area contributed by atoms with Gasteiger partial charge in [0.25, 0.3) is 0 Å². The van der Waals surface area contributed by atoms with Crippen LogP contribution in [0.4, 0.5) is 5.69 Å². The highest BCUT2D eigenvalue weighted by Gasteiger charge is 2.23. The maximum atomic E-state index is 12.1. The van der Waals surface area contributed by atoms with Crippen LogP contribution in [0.3, 0.4) is 0 Å². The summed E-state index contributed by atoms with van der Waals surface area (Å²) in [6, 6.07) is 7.57. The summed E-state index contributed by atoms with van der Waals surface area (Å²) >= 11 is 0. The number of anilines is 1. The molecule has 1 saturated heterocycles. The average molecular weight is 262 g/mol. The standard InChI is InChI=1S/C15H22N2O2/c1-15(2,3)19-13-7-5-4-6-12(13)17-14(18)11-8-9-16-10-11/h4-7,11,16H,8-10H2,1-3H3,(H,17,18). The number of nitrogens with one attached hydrogen (secondary N) is 2. The SMILES string of the molecule is CC(C)(C)Oc1ccccc1NC(=O)C1CCNC1. The van der Waals surface area contributed by atoms with E-state index >= 15 is 0 Å². The van der Waals surface area contributed by atoms with Crippen molar-refractivity contribution in [3.8, 4) is 5.75 Å². The molecular formula is C15H22N2O2. The fourth-order valence-electron chi connectivity index (χ4n) is 2.10. The Kier molecular flexibility index (Phi) is 4.10. The van der Waals surface area contributed by atoms with Gasteiger partial charge in [0, 0.05) is 6.54 Å². The number of carbonyl (C=O) groups excluding carboxylic acids is 1. The lowest BCUT2D eigenvalue weighted by molar-refractivity contribution is -0.119. The normalized spacial score (nSPS) is 19.2. The third-order valence-corrected chi connectivity index (χ3v) is 2.99. The smallest absolute Gasteiger partial charge is 0.228 e. The molecule has 1 aliphatic heterocycles. The number of hydrogen-bond acceptors (Lipinski definition) is 3. The van der Waals surface area contributed by atoms with E-state index in [0.29, 0.717) is 5.75 Å². The van der Waals surface area contributed by atoms with Gasteiger partial charge in [0.1, 0.15) is 11.4 Å². The molecule has 1 amide bonds. The second-order valence-corrected chi connectivity index (χ2v) is 5.89. The van der Waals surface area contributed by atoms with Crippen LogP contribution >= 0.6 is 0 Å². The molecule has 4 nitrogen and oxygen atoms in total. The molecule has 0 bridgehead atoms. The lowest BCUT2D eigenvalue weighted by atomic mass is 10.1. The number of carbonyl (C=O) groups is 1. The second kappa shape index (κ2) is 5.61. The molecule has 2 N–H and O–H groups in total. The van der Waals surface area contributed by atoms with E-state index in [0.717, 1.165) is 25.2 Å². The van der Waals surface area contributed by atoms with Gasteiger partial charge in [-0.1, -0.05) is 12.1 Å². The Labute approximate surface area is 114 Å². The first kappa shape index (κ1) is 13.9. The van der Waals surface area contributed by atoms with E-state index in [2.05, 4.69) is 10.6 Å². The van der Waals surface area contributed by atoms with Crippen LogP contribution in [-0.4, -0.2) is 24.6 Å². The minimum absolute atomic E-state index is 0.0580. The molecule has 1 fully saturated rings. The van der Waals surface area contributed by atoms with Crippen LogP contribution in [0.15, 0.2) is 24.3 Å². The van der Waals surface area contributed by atoms with Gasteiger partial charge in [0.05, 0.1) is 11.6 Å². The van der Waals surface area contributed by atoms with Crippen LogP contribution in [0.25, 0.3) is 0 Å². The quantitative estimate of drug-likeness (QED) is 0.879. The van der Waals surface area contributed by atoms with Crippen molar-refractivity contribution >= 4 is 11.6 Å². The first-order valence-corrected chi connectivity index (χ1v) is 6.75. The van der Waals surface area contributed by atoms with Gasteiger partial charge in [-0.25, -0.2) is 0 Å². The molecule has 1 heterocycles. The molecule has 1 aromatic carbocycles. The molecule has 0 saturated carbocycles. The molecule has 4 heteroatoms. The van der Waals surface area contributed by atoms with Crippen molar-refractivity contribution in [2.75, 3.05) is 18.4 Å². The minimum Gasteiger partial charge on any atom is -0.486 e. The number of rotatable bonds is 3. The first-order valence-electron chi connectivity index (χ1n) is 6.75. The summed E-state index contributed by atoms with van der Waals surface area (Å²) in [6.07, 6.45) is 0.897. The van der Waals surface area contributed by atoms with Crippen LogP contribution in [0.1, 0.15) is 27.2 Å². The summed E-state index contributed by atoms with van der Waals surface area (Å²) in [7, 11) is 0. The molecular weight excluding hydrogens is 240 g/mol. The molecule has 104 valence electrons. The van der Waals surface area contributed by atoms with E-state index in [9.17, 15) is 4.79 Å². The van der Waals surface area contributed by atoms with Gasteiger partial charge in [-0.05, 0) is 45.9 Å². The molecule has 1 aromatic rings. The number of ether oxygens (including phenoxy) is 1. The predicted molar refractivity (Wildman–Crippen MR) is 76.4 cm³/mol. The van der Waals surface area contributed by atoms with Crippen molar-refractivity contribution in [1.82, 2.24) is 5.32 Å².